The number of ether oxygens (including phenoxy) is 1. The summed E-state index contributed by atoms with van der Waals surface area (Å²) >= 11 is 0. The van der Waals surface area contributed by atoms with Crippen LogP contribution >= 0.6 is 0 Å². The lowest BCUT2D eigenvalue weighted by Gasteiger charge is -2.32. The molecule has 0 spiro atoms. The number of aromatic nitrogens is 2. The monoisotopic (exact) mass is 529 g/mol. The molecule has 1 aromatic rings. The maximum atomic E-state index is 13.4. The highest BCUT2D eigenvalue weighted by Gasteiger charge is 2.36. The van der Waals surface area contributed by atoms with Gasteiger partial charge in [0.25, 0.3) is 11.8 Å². The Morgan fingerprint density at radius 1 is 1.11 bits per heavy atom. The highest BCUT2D eigenvalue weighted by atomic mass is 16.5. The Morgan fingerprint density at radius 2 is 1.84 bits per heavy atom. The number of hydrogen-bond acceptors (Lipinski definition) is 8. The molecule has 1 saturated heterocycles. The molecule has 3 fully saturated rings. The van der Waals surface area contributed by atoms with E-state index in [0.717, 1.165) is 38.8 Å². The van der Waals surface area contributed by atoms with Crippen molar-refractivity contribution in [3.05, 3.63) is 16.4 Å². The average Bonchev–Trinajstić information content (AvgIpc) is 3.64. The summed E-state index contributed by atoms with van der Waals surface area (Å²) in [5.74, 6) is 3.46. The molecule has 1 aromatic heterocycles. The smallest absolute Gasteiger partial charge is 0.384 e. The van der Waals surface area contributed by atoms with Gasteiger partial charge in [-0.25, -0.2) is 4.79 Å². The highest BCUT2D eigenvalue weighted by Crippen LogP contribution is 2.30. The minimum Gasteiger partial charge on any atom is -0.384 e. The summed E-state index contributed by atoms with van der Waals surface area (Å²) in [6.45, 7) is 7.76. The van der Waals surface area contributed by atoms with E-state index in [9.17, 15) is 19.2 Å². The van der Waals surface area contributed by atoms with E-state index >= 15 is 0 Å². The van der Waals surface area contributed by atoms with Crippen LogP contribution < -0.4 is 16.4 Å². The van der Waals surface area contributed by atoms with Gasteiger partial charge in [-0.05, 0) is 49.9 Å². The number of morpholine rings is 1. The van der Waals surface area contributed by atoms with Gasteiger partial charge in [0, 0.05) is 19.1 Å². The Morgan fingerprint density at radius 3 is 2.55 bits per heavy atom. The van der Waals surface area contributed by atoms with Crippen molar-refractivity contribution < 1.29 is 23.5 Å². The van der Waals surface area contributed by atoms with Gasteiger partial charge in [0.2, 0.25) is 11.7 Å². The highest BCUT2D eigenvalue weighted by molar-refractivity contribution is 5.99. The van der Waals surface area contributed by atoms with Gasteiger partial charge in [-0.1, -0.05) is 32.6 Å². The Labute approximate surface area is 223 Å². The van der Waals surface area contributed by atoms with Crippen molar-refractivity contribution in [3.63, 3.8) is 0 Å². The lowest BCUT2D eigenvalue weighted by Crippen LogP contribution is -2.51. The lowest BCUT2D eigenvalue weighted by atomic mass is 9.83. The van der Waals surface area contributed by atoms with Crippen molar-refractivity contribution in [1.29, 1.82) is 0 Å². The number of nitrogens with zero attached hydrogens (tertiary/aromatic N) is 3. The first-order valence-corrected chi connectivity index (χ1v) is 13.8. The molecule has 2 heterocycles. The van der Waals surface area contributed by atoms with Crippen LogP contribution in [0.3, 0.4) is 0 Å². The van der Waals surface area contributed by atoms with Gasteiger partial charge >= 0.3 is 5.76 Å². The fourth-order valence-corrected chi connectivity index (χ4v) is 5.01. The second kappa shape index (κ2) is 13.2. The van der Waals surface area contributed by atoms with Crippen molar-refractivity contribution in [3.8, 4) is 11.8 Å². The van der Waals surface area contributed by atoms with Crippen LogP contribution in [0.4, 0.5) is 0 Å². The summed E-state index contributed by atoms with van der Waals surface area (Å²) < 4.78 is 11.7. The number of carbonyl (C=O) groups excluding carboxylic acids is 3. The zero-order valence-electron chi connectivity index (χ0n) is 22.4. The van der Waals surface area contributed by atoms with Crippen LogP contribution in [0.2, 0.25) is 0 Å². The second-order valence-corrected chi connectivity index (χ2v) is 11.0. The summed E-state index contributed by atoms with van der Waals surface area (Å²) in [5.41, 5.74) is 0. The topological polar surface area (TPSA) is 136 Å². The van der Waals surface area contributed by atoms with Crippen LogP contribution in [0.1, 0.15) is 69.5 Å². The summed E-state index contributed by atoms with van der Waals surface area (Å²) in [7, 11) is 0. The lowest BCUT2D eigenvalue weighted by molar-refractivity contribution is -0.128. The predicted octanol–water partition coefficient (Wildman–Crippen LogP) is 0.971. The summed E-state index contributed by atoms with van der Waals surface area (Å²) in [5, 5.41) is 9.91. The van der Waals surface area contributed by atoms with E-state index in [0.29, 0.717) is 51.5 Å². The maximum Gasteiger partial charge on any atom is 0.437 e. The standard InChI is InChI=1S/C27H39N5O6/c1-18(2)16-22(24(34)26-30-32(27(36)38-26)17-19-9-10-19)29-25(35)20-6-3-4-7-21(20)28-23(33)8-5-11-31-12-14-37-15-13-31/h18-22H,3-4,6-7,9-17H2,1-2H3,(H,28,33)(H,29,35)/t20?,21-,22?/m0/s1. The summed E-state index contributed by atoms with van der Waals surface area (Å²) in [6.07, 6.45) is 5.47. The number of amides is 2. The van der Waals surface area contributed by atoms with Gasteiger partial charge in [0.15, 0.2) is 0 Å². The van der Waals surface area contributed by atoms with Crippen molar-refractivity contribution >= 4 is 17.6 Å². The van der Waals surface area contributed by atoms with E-state index in [-0.39, 0.29) is 23.8 Å². The molecule has 11 heteroatoms. The molecule has 11 nitrogen and oxygen atoms in total. The van der Waals surface area contributed by atoms with Gasteiger partial charge in [0.05, 0.1) is 38.3 Å². The van der Waals surface area contributed by atoms with E-state index in [1.165, 1.54) is 4.68 Å². The van der Waals surface area contributed by atoms with Crippen molar-refractivity contribution in [2.45, 2.75) is 77.4 Å². The molecule has 2 aliphatic carbocycles. The van der Waals surface area contributed by atoms with Crippen LogP contribution in [0, 0.1) is 29.6 Å². The van der Waals surface area contributed by atoms with Gasteiger partial charge in [-0.3, -0.25) is 19.3 Å². The van der Waals surface area contributed by atoms with Gasteiger partial charge in [-0.2, -0.15) is 4.68 Å². The molecule has 2 unspecified atom stereocenters. The van der Waals surface area contributed by atoms with Gasteiger partial charge < -0.3 is 19.8 Å². The Hall–Kier alpha value is -2.97. The quantitative estimate of drug-likeness (QED) is 0.338. The average molecular weight is 530 g/mol. The molecule has 4 rings (SSSR count). The Balaban J connectivity index is 1.37. The molecule has 38 heavy (non-hydrogen) atoms. The zero-order valence-corrected chi connectivity index (χ0v) is 22.4. The molecular weight excluding hydrogens is 490 g/mol. The van der Waals surface area contributed by atoms with Crippen molar-refractivity contribution in [2.75, 3.05) is 32.8 Å². The minimum absolute atomic E-state index is 0.105. The van der Waals surface area contributed by atoms with E-state index in [2.05, 4.69) is 32.5 Å². The molecule has 3 aliphatic rings. The zero-order chi connectivity index (χ0) is 27.1. The SMILES string of the molecule is CC(C)CC(NC(=O)C1CCCC[C@@H]1NC(=O)C#CCN1CCOCC1)C(=O)c1nn(CC2CC2)c(=O)o1. The second-order valence-electron chi connectivity index (χ2n) is 11.0. The van der Waals surface area contributed by atoms with Crippen LogP contribution in [-0.2, 0) is 20.9 Å². The molecule has 208 valence electrons. The van der Waals surface area contributed by atoms with Crippen LogP contribution in [0.5, 0.6) is 0 Å². The van der Waals surface area contributed by atoms with Gasteiger partial charge in [-0.15, -0.1) is 5.10 Å². The minimum atomic E-state index is -0.874. The largest absolute Gasteiger partial charge is 0.437 e. The molecule has 0 aromatic carbocycles. The fraction of sp³-hybridized carbons (Fsp3) is 0.741. The van der Waals surface area contributed by atoms with E-state index < -0.39 is 29.4 Å². The number of hydrogen-bond donors (Lipinski definition) is 2. The molecule has 2 N–H and O–H groups in total. The molecule has 1 aliphatic heterocycles. The fourth-order valence-electron chi connectivity index (χ4n) is 5.01. The van der Waals surface area contributed by atoms with E-state index in [4.69, 9.17) is 9.15 Å². The van der Waals surface area contributed by atoms with E-state index in [1.807, 2.05) is 13.8 Å². The molecule has 2 saturated carbocycles. The molecule has 0 radical (unpaired) electrons. The first kappa shape index (κ1) is 28.0. The third kappa shape index (κ3) is 8.01. The summed E-state index contributed by atoms with van der Waals surface area (Å²) in [6, 6.07) is -1.24. The van der Waals surface area contributed by atoms with Crippen molar-refractivity contribution in [2.24, 2.45) is 17.8 Å². The third-order valence-electron chi connectivity index (χ3n) is 7.31. The Kier molecular flexibility index (Phi) is 9.74. The number of ketones is 1. The Bertz CT molecular complexity index is 1110. The maximum absolute atomic E-state index is 13.4. The molecular formula is C27H39N5O6. The summed E-state index contributed by atoms with van der Waals surface area (Å²) in [4.78, 5) is 53.5. The predicted molar refractivity (Wildman–Crippen MR) is 138 cm³/mol. The normalized spacial score (nSPS) is 22.8. The van der Waals surface area contributed by atoms with Crippen LogP contribution in [0.15, 0.2) is 9.21 Å². The third-order valence-corrected chi connectivity index (χ3v) is 7.31. The van der Waals surface area contributed by atoms with Crippen molar-refractivity contribution in [1.82, 2.24) is 25.3 Å². The number of nitrogens with one attached hydrogen (secondary N) is 2. The first-order valence-electron chi connectivity index (χ1n) is 13.8. The number of Topliss-reactive ketones (excluding diaryl/α,β-unsaturated/α-hetero) is 1. The van der Waals surface area contributed by atoms with Crippen LogP contribution in [-0.4, -0.2) is 77.2 Å². The molecule has 3 atom stereocenters. The van der Waals surface area contributed by atoms with Crippen LogP contribution in [0.25, 0.3) is 0 Å². The van der Waals surface area contributed by atoms with Gasteiger partial charge in [0.1, 0.15) is 0 Å². The molecule has 2 amide bonds. The molecule has 0 bridgehead atoms. The first-order chi connectivity index (χ1) is 18.3. The van der Waals surface area contributed by atoms with E-state index in [1.54, 1.807) is 0 Å². The number of rotatable bonds is 10. The number of carbonyl (C=O) groups is 3.